The molecule has 0 aliphatic rings. The summed E-state index contributed by atoms with van der Waals surface area (Å²) in [7, 11) is 0. The third kappa shape index (κ3) is 9.87. The molecular weight excluding hydrogens is 420 g/mol. The van der Waals surface area contributed by atoms with E-state index < -0.39 is 0 Å². The molecule has 0 saturated carbocycles. The first-order chi connectivity index (χ1) is 16.6. The van der Waals surface area contributed by atoms with Crippen LogP contribution in [0, 0.1) is 6.92 Å². The van der Waals surface area contributed by atoms with Crippen LogP contribution in [-0.4, -0.2) is 12.5 Å². The zero-order valence-corrected chi connectivity index (χ0v) is 22.2. The molecule has 0 radical (unpaired) electrons. The molecule has 1 heterocycles. The fourth-order valence-corrected chi connectivity index (χ4v) is 4.44. The molecule has 1 amide bonds. The second kappa shape index (κ2) is 16.3. The molecule has 0 atom stereocenters. The van der Waals surface area contributed by atoms with E-state index in [-0.39, 0.29) is 5.91 Å². The largest absolute Gasteiger partial charge is 0.494 e. The molecule has 0 aliphatic heterocycles. The number of amides is 1. The Balaban J connectivity index is 1.81. The Morgan fingerprint density at radius 1 is 0.882 bits per heavy atom. The van der Waals surface area contributed by atoms with E-state index in [1.165, 1.54) is 57.8 Å². The third-order valence-electron chi connectivity index (χ3n) is 6.43. The number of anilines is 1. The number of rotatable bonds is 17. The number of aryl methyl sites for hydroxylation is 2. The summed E-state index contributed by atoms with van der Waals surface area (Å²) in [6.07, 6.45) is 16.4. The van der Waals surface area contributed by atoms with E-state index in [0.29, 0.717) is 6.54 Å². The first-order valence-corrected chi connectivity index (χ1v) is 13.6. The molecule has 4 heteroatoms. The van der Waals surface area contributed by atoms with E-state index in [2.05, 4.69) is 43.7 Å². The highest BCUT2D eigenvalue weighted by atomic mass is 16.5. The third-order valence-corrected chi connectivity index (χ3v) is 6.43. The van der Waals surface area contributed by atoms with Gasteiger partial charge in [-0.15, -0.1) is 0 Å². The van der Waals surface area contributed by atoms with Crippen molar-refractivity contribution in [2.24, 2.45) is 0 Å². The van der Waals surface area contributed by atoms with Crippen molar-refractivity contribution >= 4 is 11.6 Å². The lowest BCUT2D eigenvalue weighted by Gasteiger charge is -2.23. The van der Waals surface area contributed by atoms with E-state index >= 15 is 0 Å². The molecule has 2 rings (SSSR count). The first-order valence-electron chi connectivity index (χ1n) is 13.6. The maximum Gasteiger partial charge on any atom is 0.224 e. The van der Waals surface area contributed by atoms with Gasteiger partial charge in [-0.1, -0.05) is 77.7 Å². The summed E-state index contributed by atoms with van der Waals surface area (Å²) in [5, 5.41) is 0. The number of benzene rings is 1. The van der Waals surface area contributed by atoms with Gasteiger partial charge in [0.25, 0.3) is 0 Å². The normalized spacial score (nSPS) is 10.9. The van der Waals surface area contributed by atoms with E-state index in [1.807, 2.05) is 29.2 Å². The lowest BCUT2D eigenvalue weighted by Crippen LogP contribution is -2.41. The molecule has 0 bridgehead atoms. The van der Waals surface area contributed by atoms with Gasteiger partial charge in [-0.05, 0) is 37.1 Å². The Bertz CT molecular complexity index is 849. The van der Waals surface area contributed by atoms with Gasteiger partial charge in [0, 0.05) is 31.2 Å². The van der Waals surface area contributed by atoms with E-state index in [0.717, 1.165) is 48.7 Å². The van der Waals surface area contributed by atoms with E-state index in [9.17, 15) is 4.79 Å². The zero-order chi connectivity index (χ0) is 24.6. The molecule has 0 spiro atoms. The van der Waals surface area contributed by atoms with E-state index in [1.54, 1.807) is 6.92 Å². The average Bonchev–Trinajstić information content (AvgIpc) is 2.82. The molecule has 0 unspecified atom stereocenters. The molecule has 34 heavy (non-hydrogen) atoms. The van der Waals surface area contributed by atoms with Crippen LogP contribution in [0.1, 0.15) is 103 Å². The predicted molar refractivity (Wildman–Crippen MR) is 142 cm³/mol. The van der Waals surface area contributed by atoms with Gasteiger partial charge in [-0.2, -0.15) is 0 Å². The van der Waals surface area contributed by atoms with Crippen LogP contribution in [0.15, 0.2) is 42.6 Å². The van der Waals surface area contributed by atoms with Crippen LogP contribution in [0.25, 0.3) is 0 Å². The SMILES string of the molecule is CCCCCCCCCCCCOc1ccc(N(Cc2cccc[n+]2CCC)C(C)=O)c(C)c1. The maximum atomic E-state index is 12.5. The fourth-order valence-electron chi connectivity index (χ4n) is 4.44. The summed E-state index contributed by atoms with van der Waals surface area (Å²) in [5.41, 5.74) is 3.15. The van der Waals surface area contributed by atoms with Crippen molar-refractivity contribution in [1.29, 1.82) is 0 Å². The average molecular weight is 468 g/mol. The lowest BCUT2D eigenvalue weighted by atomic mass is 10.1. The summed E-state index contributed by atoms with van der Waals surface area (Å²) in [6, 6.07) is 12.3. The highest BCUT2D eigenvalue weighted by Crippen LogP contribution is 2.26. The van der Waals surface area contributed by atoms with Crippen LogP contribution in [0.4, 0.5) is 5.69 Å². The Hall–Kier alpha value is -2.36. The molecule has 4 nitrogen and oxygen atoms in total. The van der Waals surface area contributed by atoms with Crippen molar-refractivity contribution in [3.63, 3.8) is 0 Å². The van der Waals surface area contributed by atoms with Gasteiger partial charge in [0.2, 0.25) is 11.6 Å². The number of ether oxygens (including phenoxy) is 1. The molecular formula is C30H47N2O2+. The standard InChI is InChI=1S/C30H47N2O2/c1-5-7-8-9-10-11-12-13-14-17-23-34-29-19-20-30(26(3)24-29)32(27(4)33)25-28-18-15-16-22-31(28)21-6-2/h15-16,18-20,22,24H,5-14,17,21,23,25H2,1-4H3/q+1. The molecule has 0 fully saturated rings. The Labute approximate surface area is 208 Å². The minimum atomic E-state index is 0.0500. The lowest BCUT2D eigenvalue weighted by molar-refractivity contribution is -0.704. The zero-order valence-electron chi connectivity index (χ0n) is 22.2. The van der Waals surface area contributed by atoms with Crippen molar-refractivity contribution in [1.82, 2.24) is 0 Å². The first kappa shape index (κ1) is 27.9. The Morgan fingerprint density at radius 3 is 2.18 bits per heavy atom. The minimum Gasteiger partial charge on any atom is -0.494 e. The quantitative estimate of drug-likeness (QED) is 0.178. The number of nitrogens with zero attached hydrogens (tertiary/aromatic N) is 2. The van der Waals surface area contributed by atoms with Gasteiger partial charge in [0.15, 0.2) is 6.20 Å². The maximum absolute atomic E-state index is 12.5. The number of hydrogen-bond donors (Lipinski definition) is 0. The number of carbonyl (C=O) groups excluding carboxylic acids is 1. The topological polar surface area (TPSA) is 33.4 Å². The van der Waals surface area contributed by atoms with Crippen molar-refractivity contribution in [3.8, 4) is 5.75 Å². The van der Waals surface area contributed by atoms with Crippen LogP contribution in [0.3, 0.4) is 0 Å². The van der Waals surface area contributed by atoms with E-state index in [4.69, 9.17) is 4.74 Å². The molecule has 2 aromatic rings. The van der Waals surface area contributed by atoms with Crippen LogP contribution < -0.4 is 14.2 Å². The molecule has 188 valence electrons. The van der Waals surface area contributed by atoms with Crippen LogP contribution in [0.5, 0.6) is 5.75 Å². The van der Waals surface area contributed by atoms with Crippen LogP contribution >= 0.6 is 0 Å². The van der Waals surface area contributed by atoms with Gasteiger partial charge in [-0.3, -0.25) is 4.79 Å². The number of hydrogen-bond acceptors (Lipinski definition) is 2. The monoisotopic (exact) mass is 467 g/mol. The Kier molecular flexibility index (Phi) is 13.4. The molecule has 1 aromatic heterocycles. The van der Waals surface area contributed by atoms with Crippen molar-refractivity contribution in [3.05, 3.63) is 53.9 Å². The van der Waals surface area contributed by atoms with Gasteiger partial charge < -0.3 is 9.64 Å². The fraction of sp³-hybridized carbons (Fsp3) is 0.600. The summed E-state index contributed by atoms with van der Waals surface area (Å²) >= 11 is 0. The summed E-state index contributed by atoms with van der Waals surface area (Å²) in [4.78, 5) is 14.4. The van der Waals surface area contributed by atoms with Gasteiger partial charge in [0.05, 0.1) is 6.61 Å². The van der Waals surface area contributed by atoms with Crippen molar-refractivity contribution in [2.75, 3.05) is 11.5 Å². The molecule has 0 saturated heterocycles. The summed E-state index contributed by atoms with van der Waals surface area (Å²) in [6.45, 7) is 10.4. The number of carbonyl (C=O) groups is 1. The number of aromatic nitrogens is 1. The second-order valence-electron chi connectivity index (χ2n) is 9.47. The predicted octanol–water partition coefficient (Wildman–Crippen LogP) is 7.55. The van der Waals surface area contributed by atoms with Crippen LogP contribution in [0.2, 0.25) is 0 Å². The smallest absolute Gasteiger partial charge is 0.224 e. The second-order valence-corrected chi connectivity index (χ2v) is 9.47. The summed E-state index contributed by atoms with van der Waals surface area (Å²) < 4.78 is 8.25. The highest BCUT2D eigenvalue weighted by molar-refractivity contribution is 5.92. The highest BCUT2D eigenvalue weighted by Gasteiger charge is 2.20. The number of pyridine rings is 1. The molecule has 0 aliphatic carbocycles. The number of unbranched alkanes of at least 4 members (excludes halogenated alkanes) is 9. The van der Waals surface area contributed by atoms with Gasteiger partial charge >= 0.3 is 0 Å². The van der Waals surface area contributed by atoms with Crippen molar-refractivity contribution < 1.29 is 14.1 Å². The van der Waals surface area contributed by atoms with Gasteiger partial charge in [-0.25, -0.2) is 4.57 Å². The van der Waals surface area contributed by atoms with Crippen LogP contribution in [-0.2, 0) is 17.9 Å². The molecule has 1 aromatic carbocycles. The molecule has 0 N–H and O–H groups in total. The minimum absolute atomic E-state index is 0.0500. The summed E-state index contributed by atoms with van der Waals surface area (Å²) in [5.74, 6) is 0.940. The Morgan fingerprint density at radius 2 is 1.56 bits per heavy atom. The van der Waals surface area contributed by atoms with Crippen molar-refractivity contribution in [2.45, 2.75) is 111 Å². The van der Waals surface area contributed by atoms with Gasteiger partial charge in [0.1, 0.15) is 18.8 Å².